The smallest absolute Gasteiger partial charge is 0.373 e. The van der Waals surface area contributed by atoms with Crippen molar-refractivity contribution in [1.82, 2.24) is 5.32 Å². The van der Waals surface area contributed by atoms with E-state index in [9.17, 15) is 13.2 Å². The minimum absolute atomic E-state index is 0.0841. The standard InChI is InChI=1S/C13H19NO5S/c1-9(11-3-4-12(19-11)13(15)18-2)14-10-5-7-20(16,17)8-6-10/h3-4,9-10,14H,5-8H2,1-2H3. The highest BCUT2D eigenvalue weighted by molar-refractivity contribution is 7.91. The number of carbonyl (C=O) groups is 1. The van der Waals surface area contributed by atoms with Crippen molar-refractivity contribution in [3.8, 4) is 0 Å². The minimum Gasteiger partial charge on any atom is -0.463 e. The molecule has 1 unspecified atom stereocenters. The fourth-order valence-corrected chi connectivity index (χ4v) is 3.78. The van der Waals surface area contributed by atoms with Crippen LogP contribution in [0.25, 0.3) is 0 Å². The Kier molecular flexibility index (Phi) is 4.49. The van der Waals surface area contributed by atoms with E-state index in [1.807, 2.05) is 6.92 Å². The van der Waals surface area contributed by atoms with Crippen LogP contribution >= 0.6 is 0 Å². The Morgan fingerprint density at radius 2 is 2.05 bits per heavy atom. The molecule has 0 radical (unpaired) electrons. The quantitative estimate of drug-likeness (QED) is 0.844. The number of rotatable bonds is 4. The lowest BCUT2D eigenvalue weighted by Crippen LogP contribution is -2.38. The van der Waals surface area contributed by atoms with E-state index in [1.54, 1.807) is 12.1 Å². The van der Waals surface area contributed by atoms with Gasteiger partial charge in [0.05, 0.1) is 24.7 Å². The number of nitrogens with one attached hydrogen (secondary N) is 1. The summed E-state index contributed by atoms with van der Waals surface area (Å²) in [6.07, 6.45) is 1.22. The number of esters is 1. The van der Waals surface area contributed by atoms with Crippen LogP contribution in [0, 0.1) is 0 Å². The molecule has 7 heteroatoms. The molecule has 2 heterocycles. The highest BCUT2D eigenvalue weighted by Gasteiger charge is 2.25. The number of hydrogen-bond acceptors (Lipinski definition) is 6. The van der Waals surface area contributed by atoms with E-state index in [-0.39, 0.29) is 29.3 Å². The average Bonchev–Trinajstić information content (AvgIpc) is 2.90. The number of hydrogen-bond donors (Lipinski definition) is 1. The van der Waals surface area contributed by atoms with Gasteiger partial charge in [-0.25, -0.2) is 13.2 Å². The molecule has 1 aromatic rings. The molecule has 0 aromatic carbocycles. The van der Waals surface area contributed by atoms with Crippen molar-refractivity contribution in [2.45, 2.75) is 31.8 Å². The lowest BCUT2D eigenvalue weighted by molar-refractivity contribution is 0.0562. The van der Waals surface area contributed by atoms with Crippen LogP contribution in [-0.4, -0.2) is 39.0 Å². The molecule has 6 nitrogen and oxygen atoms in total. The molecular formula is C13H19NO5S. The third-order valence-corrected chi connectivity index (χ3v) is 5.20. The molecule has 1 fully saturated rings. The summed E-state index contributed by atoms with van der Waals surface area (Å²) >= 11 is 0. The normalized spacial score (nSPS) is 20.5. The van der Waals surface area contributed by atoms with Crippen molar-refractivity contribution < 1.29 is 22.4 Å². The van der Waals surface area contributed by atoms with Gasteiger partial charge in [0.25, 0.3) is 0 Å². The van der Waals surface area contributed by atoms with Gasteiger partial charge in [0.15, 0.2) is 0 Å². The first-order valence-corrected chi connectivity index (χ1v) is 8.38. The van der Waals surface area contributed by atoms with Crippen LogP contribution in [0.5, 0.6) is 0 Å². The highest BCUT2D eigenvalue weighted by Crippen LogP contribution is 2.20. The fourth-order valence-electron chi connectivity index (χ4n) is 2.29. The Hall–Kier alpha value is -1.34. The zero-order chi connectivity index (χ0) is 14.8. The predicted octanol–water partition coefficient (Wildman–Crippen LogP) is 1.29. The van der Waals surface area contributed by atoms with Crippen LogP contribution in [0.1, 0.15) is 42.1 Å². The molecule has 0 spiro atoms. The maximum atomic E-state index is 11.4. The molecule has 1 aliphatic heterocycles. The summed E-state index contributed by atoms with van der Waals surface area (Å²) in [7, 11) is -1.55. The lowest BCUT2D eigenvalue weighted by Gasteiger charge is -2.25. The number of sulfone groups is 1. The molecular weight excluding hydrogens is 282 g/mol. The zero-order valence-electron chi connectivity index (χ0n) is 11.6. The van der Waals surface area contributed by atoms with Gasteiger partial charge in [-0.2, -0.15) is 0 Å². The molecule has 0 aliphatic carbocycles. The predicted molar refractivity (Wildman–Crippen MR) is 73.3 cm³/mol. The van der Waals surface area contributed by atoms with E-state index >= 15 is 0 Å². The van der Waals surface area contributed by atoms with Gasteiger partial charge < -0.3 is 14.5 Å². The maximum Gasteiger partial charge on any atom is 0.373 e. The number of ether oxygens (including phenoxy) is 1. The Balaban J connectivity index is 1.93. The van der Waals surface area contributed by atoms with E-state index in [0.717, 1.165) is 0 Å². The molecule has 1 atom stereocenters. The third-order valence-electron chi connectivity index (χ3n) is 3.48. The van der Waals surface area contributed by atoms with Crippen molar-refractivity contribution in [1.29, 1.82) is 0 Å². The van der Waals surface area contributed by atoms with Gasteiger partial charge in [-0.15, -0.1) is 0 Å². The average molecular weight is 301 g/mol. The minimum atomic E-state index is -2.85. The van der Waals surface area contributed by atoms with E-state index in [2.05, 4.69) is 10.1 Å². The SMILES string of the molecule is COC(=O)c1ccc(C(C)NC2CCS(=O)(=O)CC2)o1. The van der Waals surface area contributed by atoms with E-state index in [0.29, 0.717) is 18.6 Å². The van der Waals surface area contributed by atoms with Gasteiger partial charge in [0, 0.05) is 6.04 Å². The lowest BCUT2D eigenvalue weighted by atomic mass is 10.1. The van der Waals surface area contributed by atoms with Gasteiger partial charge >= 0.3 is 5.97 Å². The molecule has 1 saturated heterocycles. The summed E-state index contributed by atoms with van der Waals surface area (Å²) in [5.41, 5.74) is 0. The van der Waals surface area contributed by atoms with Gasteiger partial charge in [0.2, 0.25) is 5.76 Å². The second-order valence-electron chi connectivity index (χ2n) is 5.01. The van der Waals surface area contributed by atoms with Gasteiger partial charge in [0.1, 0.15) is 15.6 Å². The Bertz CT molecular complexity index is 563. The summed E-state index contributed by atoms with van der Waals surface area (Å²) in [6.45, 7) is 1.92. The van der Waals surface area contributed by atoms with Gasteiger partial charge in [-0.3, -0.25) is 0 Å². The van der Waals surface area contributed by atoms with Crippen LogP contribution in [-0.2, 0) is 14.6 Å². The third kappa shape index (κ3) is 3.61. The second-order valence-corrected chi connectivity index (χ2v) is 7.31. The first-order valence-electron chi connectivity index (χ1n) is 6.56. The number of carbonyl (C=O) groups excluding carboxylic acids is 1. The van der Waals surface area contributed by atoms with Crippen molar-refractivity contribution in [2.75, 3.05) is 18.6 Å². The fraction of sp³-hybridized carbons (Fsp3) is 0.615. The maximum absolute atomic E-state index is 11.4. The summed E-state index contributed by atoms with van der Waals surface area (Å²) in [5, 5.41) is 3.33. The number of methoxy groups -OCH3 is 1. The summed E-state index contributed by atoms with van der Waals surface area (Å²) < 4.78 is 32.7. The molecule has 0 amide bonds. The molecule has 20 heavy (non-hydrogen) atoms. The second kappa shape index (κ2) is 5.97. The van der Waals surface area contributed by atoms with Crippen molar-refractivity contribution in [3.05, 3.63) is 23.7 Å². The number of furan rings is 1. The van der Waals surface area contributed by atoms with Crippen LogP contribution in [0.15, 0.2) is 16.5 Å². The highest BCUT2D eigenvalue weighted by atomic mass is 32.2. The molecule has 0 bridgehead atoms. The van der Waals surface area contributed by atoms with Crippen molar-refractivity contribution in [2.24, 2.45) is 0 Å². The molecule has 1 N–H and O–H groups in total. The summed E-state index contributed by atoms with van der Waals surface area (Å²) in [6, 6.07) is 3.37. The van der Waals surface area contributed by atoms with Gasteiger partial charge in [-0.1, -0.05) is 0 Å². The Morgan fingerprint density at radius 3 is 2.65 bits per heavy atom. The molecule has 2 rings (SSSR count). The van der Waals surface area contributed by atoms with Crippen molar-refractivity contribution >= 4 is 15.8 Å². The largest absolute Gasteiger partial charge is 0.463 e. The molecule has 112 valence electrons. The molecule has 1 aromatic heterocycles. The molecule has 0 saturated carbocycles. The first kappa shape index (κ1) is 15.1. The van der Waals surface area contributed by atoms with Crippen molar-refractivity contribution in [3.63, 3.8) is 0 Å². The van der Waals surface area contributed by atoms with Crippen LogP contribution in [0.2, 0.25) is 0 Å². The van der Waals surface area contributed by atoms with Crippen LogP contribution < -0.4 is 5.32 Å². The monoisotopic (exact) mass is 301 g/mol. The Morgan fingerprint density at radius 1 is 1.40 bits per heavy atom. The van der Waals surface area contributed by atoms with E-state index in [1.165, 1.54) is 7.11 Å². The molecule has 1 aliphatic rings. The van der Waals surface area contributed by atoms with Crippen LogP contribution in [0.4, 0.5) is 0 Å². The van der Waals surface area contributed by atoms with Gasteiger partial charge in [-0.05, 0) is 31.9 Å². The first-order chi connectivity index (χ1) is 9.41. The van der Waals surface area contributed by atoms with E-state index < -0.39 is 15.8 Å². The van der Waals surface area contributed by atoms with E-state index in [4.69, 9.17) is 4.42 Å². The summed E-state index contributed by atoms with van der Waals surface area (Å²) in [5.74, 6) is 0.750. The summed E-state index contributed by atoms with van der Waals surface area (Å²) in [4.78, 5) is 11.3. The Labute approximate surface area is 118 Å². The topological polar surface area (TPSA) is 85.6 Å². The zero-order valence-corrected chi connectivity index (χ0v) is 12.4. The van der Waals surface area contributed by atoms with Crippen LogP contribution in [0.3, 0.4) is 0 Å².